The number of aliphatic hydroxyl groups is 2. The Bertz CT molecular complexity index is 1360. The van der Waals surface area contributed by atoms with Crippen molar-refractivity contribution >= 4 is 16.9 Å². The van der Waals surface area contributed by atoms with Gasteiger partial charge in [0.2, 0.25) is 0 Å². The number of nitrogens with two attached hydrogens (primary N) is 1. The van der Waals surface area contributed by atoms with Crippen molar-refractivity contribution in [2.75, 3.05) is 19.8 Å². The van der Waals surface area contributed by atoms with Gasteiger partial charge < -0.3 is 25.3 Å². The summed E-state index contributed by atoms with van der Waals surface area (Å²) in [6.45, 7) is 3.11. The number of fused-ring (bicyclic) bond motifs is 1. The Morgan fingerprint density at radius 1 is 0.892 bits per heavy atom. The van der Waals surface area contributed by atoms with Gasteiger partial charge in [0.1, 0.15) is 6.61 Å². The molecule has 0 spiro atoms. The molecule has 37 heavy (non-hydrogen) atoms. The molecule has 1 aromatic heterocycles. The standard InChI is InChI=1S/C31H36N2O4/c1-22-8-13-27(16-23(22)2)33-18-26(12-9-24-6-4-3-5-7-24)28-17-25(10-14-29(28)33)11-15-30(36)37-21-31(32,19-34)20-35/h3-8,10,13-14,16-18,34-35H,9,11-12,15,19-21,32H2,1-2H3. The van der Waals surface area contributed by atoms with E-state index in [2.05, 4.69) is 85.3 Å². The Balaban J connectivity index is 1.57. The van der Waals surface area contributed by atoms with Crippen molar-refractivity contribution in [1.82, 2.24) is 4.57 Å². The minimum Gasteiger partial charge on any atom is -0.464 e. The topological polar surface area (TPSA) is 97.7 Å². The van der Waals surface area contributed by atoms with Gasteiger partial charge in [0.15, 0.2) is 0 Å². The van der Waals surface area contributed by atoms with Gasteiger partial charge in [-0.25, -0.2) is 0 Å². The number of hydrogen-bond acceptors (Lipinski definition) is 5. The number of rotatable bonds is 11. The van der Waals surface area contributed by atoms with E-state index in [0.29, 0.717) is 6.42 Å². The second-order valence-electron chi connectivity index (χ2n) is 9.97. The fraction of sp³-hybridized carbons (Fsp3) is 0.323. The van der Waals surface area contributed by atoms with E-state index < -0.39 is 24.7 Å². The van der Waals surface area contributed by atoms with Crippen molar-refractivity contribution in [3.63, 3.8) is 0 Å². The minimum absolute atomic E-state index is 0.190. The summed E-state index contributed by atoms with van der Waals surface area (Å²) in [6.07, 6.45) is 4.80. The summed E-state index contributed by atoms with van der Waals surface area (Å²) >= 11 is 0. The Hall–Kier alpha value is -3.45. The minimum atomic E-state index is -1.32. The molecule has 0 unspecified atom stereocenters. The number of aliphatic hydroxyl groups excluding tert-OH is 2. The van der Waals surface area contributed by atoms with E-state index >= 15 is 0 Å². The van der Waals surface area contributed by atoms with Crippen LogP contribution in [0.1, 0.15) is 34.2 Å². The second-order valence-corrected chi connectivity index (χ2v) is 9.97. The van der Waals surface area contributed by atoms with E-state index in [1.54, 1.807) is 0 Å². The number of carbonyl (C=O) groups is 1. The van der Waals surface area contributed by atoms with Crippen LogP contribution < -0.4 is 5.73 Å². The molecule has 194 valence electrons. The quantitative estimate of drug-likeness (QED) is 0.268. The van der Waals surface area contributed by atoms with Gasteiger partial charge in [0.05, 0.1) is 24.3 Å². The van der Waals surface area contributed by atoms with Crippen molar-refractivity contribution in [2.45, 2.75) is 45.1 Å². The van der Waals surface area contributed by atoms with Gasteiger partial charge in [-0.15, -0.1) is 0 Å². The highest BCUT2D eigenvalue weighted by atomic mass is 16.5. The third-order valence-electron chi connectivity index (χ3n) is 7.01. The maximum Gasteiger partial charge on any atom is 0.306 e. The number of esters is 1. The Morgan fingerprint density at radius 3 is 2.35 bits per heavy atom. The number of hydrogen-bond donors (Lipinski definition) is 3. The molecule has 0 aliphatic heterocycles. The van der Waals surface area contributed by atoms with E-state index in [1.807, 2.05) is 6.07 Å². The first kappa shape index (κ1) is 26.6. The van der Waals surface area contributed by atoms with Crippen molar-refractivity contribution in [3.8, 4) is 5.69 Å². The number of aromatic nitrogens is 1. The molecule has 6 nitrogen and oxygen atoms in total. The van der Waals surface area contributed by atoms with Crippen LogP contribution in [-0.2, 0) is 28.8 Å². The summed E-state index contributed by atoms with van der Waals surface area (Å²) in [7, 11) is 0. The van der Waals surface area contributed by atoms with E-state index in [9.17, 15) is 15.0 Å². The number of aryl methyl sites for hydroxylation is 5. The second kappa shape index (κ2) is 11.7. The first-order valence-corrected chi connectivity index (χ1v) is 12.7. The van der Waals surface area contributed by atoms with E-state index in [-0.39, 0.29) is 13.0 Å². The summed E-state index contributed by atoms with van der Waals surface area (Å²) in [4.78, 5) is 12.3. The van der Waals surface area contributed by atoms with Gasteiger partial charge >= 0.3 is 5.97 Å². The first-order valence-electron chi connectivity index (χ1n) is 12.7. The fourth-order valence-electron chi connectivity index (χ4n) is 4.40. The Kier molecular flexibility index (Phi) is 8.44. The molecule has 4 N–H and O–H groups in total. The normalized spacial score (nSPS) is 11.7. The van der Waals surface area contributed by atoms with Crippen LogP contribution in [0.25, 0.3) is 16.6 Å². The summed E-state index contributed by atoms with van der Waals surface area (Å²) < 4.78 is 7.46. The van der Waals surface area contributed by atoms with Crippen molar-refractivity contribution in [3.05, 3.63) is 101 Å². The highest BCUT2D eigenvalue weighted by molar-refractivity contribution is 5.86. The highest BCUT2D eigenvalue weighted by Gasteiger charge is 2.25. The summed E-state index contributed by atoms with van der Waals surface area (Å²) in [6, 6.07) is 23.4. The molecule has 3 aromatic carbocycles. The van der Waals surface area contributed by atoms with Gasteiger partial charge in [-0.1, -0.05) is 42.5 Å². The summed E-state index contributed by atoms with van der Waals surface area (Å²) in [5, 5.41) is 19.7. The van der Waals surface area contributed by atoms with Gasteiger partial charge in [-0.05, 0) is 85.2 Å². The molecule has 4 rings (SSSR count). The van der Waals surface area contributed by atoms with E-state index in [4.69, 9.17) is 10.5 Å². The predicted molar refractivity (Wildman–Crippen MR) is 147 cm³/mol. The number of benzene rings is 3. The van der Waals surface area contributed by atoms with Gasteiger partial charge in [0, 0.05) is 23.7 Å². The number of ether oxygens (including phenoxy) is 1. The molecule has 1 heterocycles. The molecule has 0 radical (unpaired) electrons. The third kappa shape index (κ3) is 6.46. The molecule has 0 fully saturated rings. The molecule has 0 bridgehead atoms. The smallest absolute Gasteiger partial charge is 0.306 e. The molecular formula is C31H36N2O4. The monoisotopic (exact) mass is 500 g/mol. The zero-order valence-corrected chi connectivity index (χ0v) is 21.6. The van der Waals surface area contributed by atoms with Crippen molar-refractivity contribution in [2.24, 2.45) is 5.73 Å². The van der Waals surface area contributed by atoms with Crippen LogP contribution in [0.15, 0.2) is 72.9 Å². The highest BCUT2D eigenvalue weighted by Crippen LogP contribution is 2.28. The predicted octanol–water partition coefficient (Wildman–Crippen LogP) is 4.19. The molecule has 0 saturated heterocycles. The molecule has 0 atom stereocenters. The Morgan fingerprint density at radius 2 is 1.65 bits per heavy atom. The molecule has 0 saturated carbocycles. The van der Waals surface area contributed by atoms with Crippen LogP contribution in [0.4, 0.5) is 0 Å². The van der Waals surface area contributed by atoms with Gasteiger partial charge in [-0.2, -0.15) is 0 Å². The number of nitrogens with zero attached hydrogens (tertiary/aromatic N) is 1. The first-order chi connectivity index (χ1) is 17.8. The lowest BCUT2D eigenvalue weighted by atomic mass is 10.0. The van der Waals surface area contributed by atoms with E-state index in [0.717, 1.165) is 29.6 Å². The molecule has 6 heteroatoms. The van der Waals surface area contributed by atoms with Crippen LogP contribution in [0, 0.1) is 13.8 Å². The lowest BCUT2D eigenvalue weighted by Gasteiger charge is -2.23. The maximum atomic E-state index is 12.3. The van der Waals surface area contributed by atoms with Crippen LogP contribution >= 0.6 is 0 Å². The SMILES string of the molecule is Cc1ccc(-n2cc(CCc3ccccc3)c3cc(CCC(=O)OCC(N)(CO)CO)ccc32)cc1C. The lowest BCUT2D eigenvalue weighted by molar-refractivity contribution is -0.146. The van der Waals surface area contributed by atoms with E-state index in [1.165, 1.54) is 27.6 Å². The van der Waals surface area contributed by atoms with Gasteiger partial charge in [0.25, 0.3) is 0 Å². The maximum absolute atomic E-state index is 12.3. The average molecular weight is 501 g/mol. The van der Waals surface area contributed by atoms with Crippen LogP contribution in [0.3, 0.4) is 0 Å². The summed E-state index contributed by atoms with van der Waals surface area (Å²) in [5.74, 6) is -0.408. The van der Waals surface area contributed by atoms with Crippen LogP contribution in [0.2, 0.25) is 0 Å². The van der Waals surface area contributed by atoms with Gasteiger partial charge in [-0.3, -0.25) is 4.79 Å². The third-order valence-corrected chi connectivity index (χ3v) is 7.01. The molecule has 4 aromatic rings. The molecule has 0 aliphatic rings. The molecule has 0 amide bonds. The van der Waals surface area contributed by atoms with Crippen molar-refractivity contribution < 1.29 is 19.7 Å². The number of carbonyl (C=O) groups excluding carboxylic acids is 1. The molecule has 0 aliphatic carbocycles. The summed E-state index contributed by atoms with van der Waals surface area (Å²) in [5.41, 5.74) is 12.9. The average Bonchev–Trinajstić information content (AvgIpc) is 3.29. The zero-order chi connectivity index (χ0) is 26.4. The van der Waals surface area contributed by atoms with Crippen molar-refractivity contribution in [1.29, 1.82) is 0 Å². The van der Waals surface area contributed by atoms with Crippen LogP contribution in [-0.4, -0.2) is 46.1 Å². The van der Waals surface area contributed by atoms with Crippen LogP contribution in [0.5, 0.6) is 0 Å². The largest absolute Gasteiger partial charge is 0.464 e. The lowest BCUT2D eigenvalue weighted by Crippen LogP contribution is -2.51. The molecular weight excluding hydrogens is 464 g/mol. The Labute approximate surface area is 218 Å². The zero-order valence-electron chi connectivity index (χ0n) is 21.6. The fourth-order valence-corrected chi connectivity index (χ4v) is 4.40.